The Morgan fingerprint density at radius 1 is 1.20 bits per heavy atom. The number of aliphatic hydroxyl groups is 1. The van der Waals surface area contributed by atoms with Crippen LogP contribution in [0.15, 0.2) is 66.1 Å². The van der Waals surface area contributed by atoms with Gasteiger partial charge in [-0.2, -0.15) is 4.31 Å². The molecule has 2 aromatic rings. The molecular weight excluding hydrogens is 413 g/mol. The lowest BCUT2D eigenvalue weighted by atomic mass is 10.2. The number of carbonyl (C=O) groups excluding carboxylic acids is 1. The Hall–Kier alpha value is -2.75. The first-order chi connectivity index (χ1) is 14.2. The lowest BCUT2D eigenvalue weighted by Gasteiger charge is -2.29. The molecule has 0 saturated heterocycles. The van der Waals surface area contributed by atoms with Crippen LogP contribution in [0.3, 0.4) is 0 Å². The fraction of sp³-hybridized carbons (Fsp3) is 0.286. The summed E-state index contributed by atoms with van der Waals surface area (Å²) in [4.78, 5) is 12.0. The number of benzene rings is 2. The third-order valence-corrected chi connectivity index (χ3v) is 6.13. The molecule has 0 aliphatic heterocycles. The van der Waals surface area contributed by atoms with E-state index in [0.29, 0.717) is 5.75 Å². The van der Waals surface area contributed by atoms with Crippen molar-refractivity contribution in [1.29, 1.82) is 0 Å². The number of ether oxygens (including phenoxy) is 2. The van der Waals surface area contributed by atoms with Gasteiger partial charge in [0.25, 0.3) is 0 Å². The van der Waals surface area contributed by atoms with E-state index in [0.717, 1.165) is 17.0 Å². The van der Waals surface area contributed by atoms with Gasteiger partial charge in [0.15, 0.2) is 0 Å². The number of aliphatic hydroxyl groups excluding tert-OH is 1. The zero-order valence-corrected chi connectivity index (χ0v) is 17.5. The van der Waals surface area contributed by atoms with E-state index >= 15 is 0 Å². The van der Waals surface area contributed by atoms with Crippen molar-refractivity contribution in [3.05, 3.63) is 72.6 Å². The Bertz CT molecular complexity index is 958. The van der Waals surface area contributed by atoms with E-state index in [4.69, 9.17) is 4.74 Å². The van der Waals surface area contributed by atoms with E-state index in [1.807, 2.05) is 0 Å². The number of nitrogens with zero attached hydrogens (tertiary/aromatic N) is 1. The second-order valence-corrected chi connectivity index (χ2v) is 8.35. The number of hydrogen-bond donors (Lipinski definition) is 1. The summed E-state index contributed by atoms with van der Waals surface area (Å²) in [6, 6.07) is 10.0. The summed E-state index contributed by atoms with van der Waals surface area (Å²) in [6.45, 7) is 4.81. The minimum Gasteiger partial charge on any atom is -0.489 e. The molecule has 0 saturated carbocycles. The SMILES string of the molecule is C=CCN([C@@H](C(=O)OC)[C@H](C)O)S(=O)(=O)c1ccc(OCc2ccc(F)cc2)cc1. The van der Waals surface area contributed by atoms with Crippen molar-refractivity contribution >= 4 is 16.0 Å². The van der Waals surface area contributed by atoms with Gasteiger partial charge in [0.1, 0.15) is 24.2 Å². The molecule has 0 unspecified atom stereocenters. The zero-order chi connectivity index (χ0) is 22.3. The Labute approximate surface area is 175 Å². The Morgan fingerprint density at radius 2 is 1.80 bits per heavy atom. The molecule has 0 spiro atoms. The van der Waals surface area contributed by atoms with E-state index in [9.17, 15) is 22.7 Å². The average molecular weight is 437 g/mol. The highest BCUT2D eigenvalue weighted by molar-refractivity contribution is 7.89. The van der Waals surface area contributed by atoms with E-state index in [1.165, 1.54) is 49.4 Å². The predicted octanol–water partition coefficient (Wildman–Crippen LogP) is 2.50. The molecule has 2 rings (SSSR count). The summed E-state index contributed by atoms with van der Waals surface area (Å²) in [6.07, 6.45) is 0.0150. The van der Waals surface area contributed by atoms with E-state index < -0.39 is 28.1 Å². The maximum Gasteiger partial charge on any atom is 0.326 e. The number of esters is 1. The first-order valence-corrected chi connectivity index (χ1v) is 10.5. The summed E-state index contributed by atoms with van der Waals surface area (Å²) in [7, 11) is -3.03. The number of rotatable bonds is 10. The fourth-order valence-corrected chi connectivity index (χ4v) is 4.37. The molecule has 0 bridgehead atoms. The van der Waals surface area contributed by atoms with Crippen molar-refractivity contribution in [2.24, 2.45) is 0 Å². The van der Waals surface area contributed by atoms with Crippen LogP contribution in [0.1, 0.15) is 12.5 Å². The highest BCUT2D eigenvalue weighted by atomic mass is 32.2. The van der Waals surface area contributed by atoms with E-state index in [-0.39, 0.29) is 23.9 Å². The van der Waals surface area contributed by atoms with Crippen molar-refractivity contribution in [2.45, 2.75) is 30.6 Å². The quantitative estimate of drug-likeness (QED) is 0.454. The molecule has 0 fully saturated rings. The normalized spacial score (nSPS) is 13.5. The fourth-order valence-electron chi connectivity index (χ4n) is 2.75. The van der Waals surface area contributed by atoms with Gasteiger partial charge in [-0.25, -0.2) is 12.8 Å². The predicted molar refractivity (Wildman–Crippen MR) is 109 cm³/mol. The number of methoxy groups -OCH3 is 1. The van der Waals surface area contributed by atoms with Gasteiger partial charge >= 0.3 is 5.97 Å². The van der Waals surface area contributed by atoms with Gasteiger partial charge in [-0.3, -0.25) is 4.79 Å². The molecule has 7 nitrogen and oxygen atoms in total. The summed E-state index contributed by atoms with van der Waals surface area (Å²) in [5.74, 6) is -0.817. The molecule has 0 aliphatic rings. The second-order valence-electron chi connectivity index (χ2n) is 6.46. The largest absolute Gasteiger partial charge is 0.489 e. The molecule has 0 aromatic heterocycles. The van der Waals surface area contributed by atoms with Crippen LogP contribution in [0.25, 0.3) is 0 Å². The van der Waals surface area contributed by atoms with Gasteiger partial charge in [0.05, 0.1) is 18.1 Å². The van der Waals surface area contributed by atoms with Crippen LogP contribution in [0, 0.1) is 5.82 Å². The summed E-state index contributed by atoms with van der Waals surface area (Å²) in [5.41, 5.74) is 0.753. The van der Waals surface area contributed by atoms with Crippen LogP contribution in [-0.2, 0) is 26.2 Å². The first-order valence-electron chi connectivity index (χ1n) is 9.06. The van der Waals surface area contributed by atoms with Crippen LogP contribution in [0.2, 0.25) is 0 Å². The van der Waals surface area contributed by atoms with E-state index in [1.54, 1.807) is 12.1 Å². The Morgan fingerprint density at radius 3 is 2.30 bits per heavy atom. The van der Waals surface area contributed by atoms with Crippen molar-refractivity contribution in [3.8, 4) is 5.75 Å². The highest BCUT2D eigenvalue weighted by Crippen LogP contribution is 2.23. The van der Waals surface area contributed by atoms with Gasteiger partial charge in [0, 0.05) is 6.54 Å². The summed E-state index contributed by atoms with van der Waals surface area (Å²) in [5, 5.41) is 9.98. The molecular formula is C21H24FNO6S. The average Bonchev–Trinajstić information content (AvgIpc) is 2.72. The van der Waals surface area contributed by atoms with Crippen molar-refractivity contribution in [1.82, 2.24) is 4.31 Å². The van der Waals surface area contributed by atoms with Gasteiger partial charge < -0.3 is 14.6 Å². The summed E-state index contributed by atoms with van der Waals surface area (Å²) >= 11 is 0. The highest BCUT2D eigenvalue weighted by Gasteiger charge is 2.39. The van der Waals surface area contributed by atoms with Gasteiger partial charge in [-0.1, -0.05) is 18.2 Å². The smallest absolute Gasteiger partial charge is 0.326 e. The maximum absolute atomic E-state index is 13.1. The first kappa shape index (κ1) is 23.5. The number of hydrogen-bond acceptors (Lipinski definition) is 6. The minimum absolute atomic E-state index is 0.0898. The van der Waals surface area contributed by atoms with Crippen LogP contribution < -0.4 is 4.74 Å². The molecule has 9 heteroatoms. The van der Waals surface area contributed by atoms with Crippen LogP contribution in [-0.4, -0.2) is 49.6 Å². The Kier molecular flexibility index (Phi) is 8.10. The minimum atomic E-state index is -4.15. The second kappa shape index (κ2) is 10.3. The topological polar surface area (TPSA) is 93.1 Å². The molecule has 162 valence electrons. The van der Waals surface area contributed by atoms with Crippen LogP contribution >= 0.6 is 0 Å². The molecule has 2 atom stereocenters. The monoisotopic (exact) mass is 437 g/mol. The van der Waals surface area contributed by atoms with E-state index in [2.05, 4.69) is 11.3 Å². The molecule has 1 N–H and O–H groups in total. The van der Waals surface area contributed by atoms with Crippen molar-refractivity contribution in [3.63, 3.8) is 0 Å². The number of carbonyl (C=O) groups is 1. The van der Waals surface area contributed by atoms with Crippen molar-refractivity contribution < 1.29 is 32.2 Å². The molecule has 0 aliphatic carbocycles. The third-order valence-electron chi connectivity index (χ3n) is 4.27. The lowest BCUT2D eigenvalue weighted by molar-refractivity contribution is -0.148. The Balaban J connectivity index is 2.23. The zero-order valence-electron chi connectivity index (χ0n) is 16.7. The van der Waals surface area contributed by atoms with Gasteiger partial charge in [0.2, 0.25) is 10.0 Å². The van der Waals surface area contributed by atoms with Crippen LogP contribution in [0.5, 0.6) is 5.75 Å². The standard InChI is InChI=1S/C21H24FNO6S/c1-4-13-23(20(15(2)24)21(25)28-3)30(26,27)19-11-9-18(10-12-19)29-14-16-5-7-17(22)8-6-16/h4-12,15,20,24H,1,13-14H2,2-3H3/t15-,20+/m0/s1. The van der Waals surface area contributed by atoms with Gasteiger partial charge in [-0.15, -0.1) is 6.58 Å². The van der Waals surface area contributed by atoms with Crippen molar-refractivity contribution in [2.75, 3.05) is 13.7 Å². The lowest BCUT2D eigenvalue weighted by Crippen LogP contribution is -2.51. The number of halogens is 1. The van der Waals surface area contributed by atoms with Gasteiger partial charge in [-0.05, 0) is 48.9 Å². The third kappa shape index (κ3) is 5.65. The molecule has 0 radical (unpaired) electrons. The summed E-state index contributed by atoms with van der Waals surface area (Å²) < 4.78 is 50.2. The number of sulfonamides is 1. The molecule has 0 amide bonds. The maximum atomic E-state index is 13.1. The molecule has 0 heterocycles. The molecule has 2 aromatic carbocycles. The van der Waals surface area contributed by atoms with Crippen LogP contribution in [0.4, 0.5) is 4.39 Å². The molecule has 30 heavy (non-hydrogen) atoms.